The number of hydrogen-bond acceptors (Lipinski definition) is 4. The largest absolute Gasteiger partial charge is 0.393 e. The van der Waals surface area contributed by atoms with Crippen molar-refractivity contribution in [3.63, 3.8) is 0 Å². The molecule has 1 atom stereocenters. The number of carbonyl (C=O) groups excluding carboxylic acids is 1. The van der Waals surface area contributed by atoms with E-state index in [1.165, 1.54) is 18.3 Å². The molecule has 2 aromatic rings. The van der Waals surface area contributed by atoms with Gasteiger partial charge in [-0.15, -0.1) is 11.3 Å². The lowest BCUT2D eigenvalue weighted by Crippen LogP contribution is -2.57. The first-order chi connectivity index (χ1) is 10.2. The van der Waals surface area contributed by atoms with Crippen LogP contribution in [-0.4, -0.2) is 27.9 Å². The Hall–Kier alpha value is -1.55. The molecule has 0 radical (unpaired) electrons. The molecule has 1 aliphatic heterocycles. The summed E-state index contributed by atoms with van der Waals surface area (Å²) in [6, 6.07) is 0. The van der Waals surface area contributed by atoms with Gasteiger partial charge in [-0.25, -0.2) is 0 Å². The van der Waals surface area contributed by atoms with E-state index in [0.717, 1.165) is 10.4 Å². The smallest absolute Gasteiger partial charge is 0.360 e. The lowest BCUT2D eigenvalue weighted by atomic mass is 10.0. The number of hydrogen-bond donors (Lipinski definition) is 3. The Labute approximate surface area is 135 Å². The van der Waals surface area contributed by atoms with Gasteiger partial charge in [0.25, 0.3) is 5.91 Å². The number of rotatable bonds is 2. The highest BCUT2D eigenvalue weighted by Crippen LogP contribution is 2.47. The first-order valence-corrected chi connectivity index (χ1v) is 7.78. The molecule has 2 aromatic heterocycles. The molecule has 0 fully saturated rings. The molecule has 3 rings (SSSR count). The standard InChI is InChI=1S/C12H10BrF3N4OS/c1-11(4-12(14,15)16)19-7-6(13)8(5-2-17-18-3-5)22-9(7)10(21)20-11/h2-3,19H,4H2,1H3,(H,17,18)(H,20,21). The molecule has 1 amide bonds. The number of carbonyl (C=O) groups is 1. The van der Waals surface area contributed by atoms with Crippen LogP contribution in [0.2, 0.25) is 0 Å². The van der Waals surface area contributed by atoms with Crippen molar-refractivity contribution in [1.29, 1.82) is 0 Å². The first-order valence-electron chi connectivity index (χ1n) is 6.17. The van der Waals surface area contributed by atoms with Gasteiger partial charge in [0.05, 0.1) is 27.7 Å². The summed E-state index contributed by atoms with van der Waals surface area (Å²) in [6.45, 7) is 1.31. The van der Waals surface area contributed by atoms with E-state index < -0.39 is 24.2 Å². The third kappa shape index (κ3) is 2.72. The zero-order chi connectivity index (χ0) is 16.1. The minimum atomic E-state index is -4.40. The summed E-state index contributed by atoms with van der Waals surface area (Å²) in [5, 5.41) is 11.7. The van der Waals surface area contributed by atoms with Gasteiger partial charge in [0.15, 0.2) is 0 Å². The maximum Gasteiger partial charge on any atom is 0.393 e. The van der Waals surface area contributed by atoms with Crippen LogP contribution in [0.1, 0.15) is 23.0 Å². The summed E-state index contributed by atoms with van der Waals surface area (Å²) < 4.78 is 38.7. The molecule has 0 aliphatic carbocycles. The van der Waals surface area contributed by atoms with E-state index in [9.17, 15) is 18.0 Å². The number of aromatic amines is 1. The predicted octanol–water partition coefficient (Wildman–Crippen LogP) is 3.72. The highest BCUT2D eigenvalue weighted by atomic mass is 79.9. The molecule has 3 heterocycles. The normalized spacial score (nSPS) is 21.2. The van der Waals surface area contributed by atoms with Gasteiger partial charge in [-0.3, -0.25) is 9.89 Å². The van der Waals surface area contributed by atoms with Crippen LogP contribution < -0.4 is 10.6 Å². The van der Waals surface area contributed by atoms with Crippen LogP contribution in [0.3, 0.4) is 0 Å². The number of fused-ring (bicyclic) bond motifs is 1. The van der Waals surface area contributed by atoms with Gasteiger partial charge in [0.1, 0.15) is 10.5 Å². The van der Waals surface area contributed by atoms with Gasteiger partial charge in [0.2, 0.25) is 0 Å². The van der Waals surface area contributed by atoms with Gasteiger partial charge >= 0.3 is 6.18 Å². The van der Waals surface area contributed by atoms with Gasteiger partial charge in [-0.1, -0.05) is 0 Å². The Bertz CT molecular complexity index is 728. The minimum Gasteiger partial charge on any atom is -0.360 e. The Morgan fingerprint density at radius 2 is 2.09 bits per heavy atom. The second-order valence-electron chi connectivity index (χ2n) is 5.14. The zero-order valence-corrected chi connectivity index (χ0v) is 13.5. The Morgan fingerprint density at radius 3 is 2.68 bits per heavy atom. The topological polar surface area (TPSA) is 69.8 Å². The highest BCUT2D eigenvalue weighted by Gasteiger charge is 2.44. The second-order valence-corrected chi connectivity index (χ2v) is 6.95. The molecule has 10 heteroatoms. The Kier molecular flexibility index (Phi) is 3.48. The number of aromatic nitrogens is 2. The van der Waals surface area contributed by atoms with Crippen molar-refractivity contribution >= 4 is 38.9 Å². The van der Waals surface area contributed by atoms with E-state index in [4.69, 9.17) is 0 Å². The summed E-state index contributed by atoms with van der Waals surface area (Å²) in [7, 11) is 0. The zero-order valence-electron chi connectivity index (χ0n) is 11.1. The van der Waals surface area contributed by atoms with Gasteiger partial charge in [0, 0.05) is 11.8 Å². The summed E-state index contributed by atoms with van der Waals surface area (Å²) in [5.74, 6) is -0.527. The van der Waals surface area contributed by atoms with Crippen molar-refractivity contribution in [3.8, 4) is 10.4 Å². The molecule has 118 valence electrons. The third-order valence-corrected chi connectivity index (χ3v) is 5.45. The molecule has 3 N–H and O–H groups in total. The van der Waals surface area contributed by atoms with Crippen LogP contribution in [0.4, 0.5) is 18.9 Å². The fourth-order valence-electron chi connectivity index (χ4n) is 2.35. The van der Waals surface area contributed by atoms with Crippen LogP contribution in [0.15, 0.2) is 16.9 Å². The molecule has 0 aromatic carbocycles. The van der Waals surface area contributed by atoms with E-state index >= 15 is 0 Å². The summed E-state index contributed by atoms with van der Waals surface area (Å²) in [6.07, 6.45) is -2.35. The predicted molar refractivity (Wildman–Crippen MR) is 79.8 cm³/mol. The van der Waals surface area contributed by atoms with Gasteiger partial charge in [-0.2, -0.15) is 18.3 Å². The molecule has 22 heavy (non-hydrogen) atoms. The number of thiophene rings is 1. The van der Waals surface area contributed by atoms with Crippen LogP contribution >= 0.6 is 27.3 Å². The second kappa shape index (κ2) is 4.98. The van der Waals surface area contributed by atoms with Crippen molar-refractivity contribution in [2.24, 2.45) is 0 Å². The van der Waals surface area contributed by atoms with Crippen molar-refractivity contribution in [3.05, 3.63) is 21.7 Å². The van der Waals surface area contributed by atoms with Crippen LogP contribution in [0, 0.1) is 0 Å². The molecule has 0 bridgehead atoms. The molecule has 0 saturated carbocycles. The fourth-order valence-corrected chi connectivity index (χ4v) is 4.27. The molecular weight excluding hydrogens is 385 g/mol. The number of nitrogens with one attached hydrogen (secondary N) is 3. The number of amides is 1. The summed E-state index contributed by atoms with van der Waals surface area (Å²) in [5.41, 5.74) is -0.463. The minimum absolute atomic E-state index is 0.336. The van der Waals surface area contributed by atoms with Gasteiger partial charge < -0.3 is 10.6 Å². The maximum absolute atomic E-state index is 12.7. The number of alkyl halides is 3. The number of nitrogens with zero attached hydrogens (tertiary/aromatic N) is 1. The Balaban J connectivity index is 2.02. The third-order valence-electron chi connectivity index (χ3n) is 3.16. The summed E-state index contributed by atoms with van der Waals surface area (Å²) >= 11 is 4.55. The van der Waals surface area contributed by atoms with E-state index in [-0.39, 0.29) is 0 Å². The lowest BCUT2D eigenvalue weighted by Gasteiger charge is -2.37. The number of halogens is 4. The van der Waals surface area contributed by atoms with E-state index in [2.05, 4.69) is 36.8 Å². The SMILES string of the molecule is CC1(CC(F)(F)F)NC(=O)c2sc(-c3cn[nH]c3)c(Br)c2N1. The summed E-state index contributed by atoms with van der Waals surface area (Å²) in [4.78, 5) is 13.2. The van der Waals surface area contributed by atoms with Crippen molar-refractivity contribution in [1.82, 2.24) is 15.5 Å². The van der Waals surface area contributed by atoms with Gasteiger partial charge in [-0.05, 0) is 22.9 Å². The van der Waals surface area contributed by atoms with Crippen molar-refractivity contribution in [2.45, 2.75) is 25.2 Å². The van der Waals surface area contributed by atoms with Crippen LogP contribution in [0.5, 0.6) is 0 Å². The monoisotopic (exact) mass is 394 g/mol. The lowest BCUT2D eigenvalue weighted by molar-refractivity contribution is -0.145. The first kappa shape index (κ1) is 15.3. The molecule has 5 nitrogen and oxygen atoms in total. The van der Waals surface area contributed by atoms with Crippen LogP contribution in [-0.2, 0) is 0 Å². The Morgan fingerprint density at radius 1 is 1.36 bits per heavy atom. The van der Waals surface area contributed by atoms with Crippen LogP contribution in [0.25, 0.3) is 10.4 Å². The molecule has 1 unspecified atom stereocenters. The molecule has 0 saturated heterocycles. The van der Waals surface area contributed by atoms with Crippen molar-refractivity contribution < 1.29 is 18.0 Å². The quantitative estimate of drug-likeness (QED) is 0.726. The molecule has 0 spiro atoms. The molecule has 1 aliphatic rings. The van der Waals surface area contributed by atoms with E-state index in [0.29, 0.717) is 15.0 Å². The van der Waals surface area contributed by atoms with E-state index in [1.807, 2.05) is 0 Å². The highest BCUT2D eigenvalue weighted by molar-refractivity contribution is 9.10. The average Bonchev–Trinajstić information content (AvgIpc) is 2.95. The molecular formula is C12H10BrF3N4OS. The van der Waals surface area contributed by atoms with Crippen molar-refractivity contribution in [2.75, 3.05) is 5.32 Å². The van der Waals surface area contributed by atoms with E-state index in [1.54, 1.807) is 12.4 Å². The number of H-pyrrole nitrogens is 1. The number of anilines is 1. The maximum atomic E-state index is 12.7. The fraction of sp³-hybridized carbons (Fsp3) is 0.333. The average molecular weight is 395 g/mol.